The number of aliphatic hydroxyl groups is 2. The third-order valence-corrected chi connectivity index (χ3v) is 24.1. The summed E-state index contributed by atoms with van der Waals surface area (Å²) in [4.78, 5) is 22.7. The zero-order valence-corrected chi connectivity index (χ0v) is 66.0. The third-order valence-electron chi connectivity index (χ3n) is 20.5. The van der Waals surface area contributed by atoms with Gasteiger partial charge in [-0.15, -0.1) is 13.2 Å². The highest BCUT2D eigenvalue weighted by Crippen LogP contribution is 2.45. The van der Waals surface area contributed by atoms with Crippen LogP contribution in [0.15, 0.2) is 169 Å². The van der Waals surface area contributed by atoms with Crippen molar-refractivity contribution < 1.29 is 88.7 Å². The molecule has 105 heavy (non-hydrogen) atoms. The van der Waals surface area contributed by atoms with Crippen LogP contribution < -0.4 is 5.73 Å². The lowest BCUT2D eigenvalue weighted by molar-refractivity contribution is -0.0750. The summed E-state index contributed by atoms with van der Waals surface area (Å²) >= 11 is 0. The number of sulfone groups is 2. The second kappa shape index (κ2) is 41.9. The predicted octanol–water partition coefficient (Wildman–Crippen LogP) is 14.7. The van der Waals surface area contributed by atoms with Gasteiger partial charge in [-0.25, -0.2) is 26.4 Å². The Labute approximate surface area is 628 Å². The minimum absolute atomic E-state index is 0.00311. The maximum absolute atomic E-state index is 13.5. The summed E-state index contributed by atoms with van der Waals surface area (Å²) < 4.78 is 118. The smallest absolute Gasteiger partial charge is 0.428 e. The van der Waals surface area contributed by atoms with Gasteiger partial charge in [-0.05, 0) is 163 Å². The molecule has 0 amide bonds. The number of rotatable bonds is 32. The number of carbonyl (C=O) groups is 2. The molecule has 6 aliphatic heterocycles. The topological polar surface area (TPSA) is 270 Å². The molecule has 588 valence electrons. The molecule has 2 aromatic rings. The molecule has 0 spiro atoms. The number of aliphatic hydroxyl groups excluding tert-OH is 2. The Hall–Kier alpha value is -5.44. The van der Waals surface area contributed by atoms with Crippen molar-refractivity contribution in [2.45, 2.75) is 266 Å². The number of hydrogen-bond acceptors (Lipinski definition) is 20. The van der Waals surface area contributed by atoms with E-state index < -0.39 is 55.4 Å². The molecule has 22 heteroatoms. The lowest BCUT2D eigenvalue weighted by Crippen LogP contribution is -2.38. The number of benzene rings is 2. The normalized spacial score (nSPS) is 30.2. The molecule has 0 aliphatic carbocycles. The first kappa shape index (κ1) is 88.5. The molecule has 0 bridgehead atoms. The number of carbonyl (C=O) groups excluding carboxylic acids is 2. The first-order valence-electron chi connectivity index (χ1n) is 37.6. The van der Waals surface area contributed by atoms with Crippen molar-refractivity contribution >= 4 is 32.0 Å². The fourth-order valence-electron chi connectivity index (χ4n) is 14.5. The van der Waals surface area contributed by atoms with E-state index in [0.717, 1.165) is 73.7 Å². The van der Waals surface area contributed by atoms with E-state index in [4.69, 9.17) is 53.1 Å². The summed E-state index contributed by atoms with van der Waals surface area (Å²) in [6.45, 7) is 47.3. The second-order valence-corrected chi connectivity index (χ2v) is 35.3. The molecule has 0 saturated carbocycles. The minimum Gasteiger partial charge on any atom is -0.428 e. The summed E-state index contributed by atoms with van der Waals surface area (Å²) in [7, 11) is -7.07. The molecule has 0 aromatic heterocycles. The molecule has 6 saturated heterocycles. The average Bonchev–Trinajstić information content (AvgIpc) is 1.68. The maximum atomic E-state index is 13.5. The molecule has 2 aromatic carbocycles. The van der Waals surface area contributed by atoms with Crippen LogP contribution in [0, 0.1) is 35.5 Å². The second-order valence-electron chi connectivity index (χ2n) is 31.2. The summed E-state index contributed by atoms with van der Waals surface area (Å²) in [5.74, 6) is -0.104. The van der Waals surface area contributed by atoms with E-state index in [1.165, 1.54) is 0 Å². The Morgan fingerprint density at radius 3 is 1.29 bits per heavy atom. The fourth-order valence-corrected chi connectivity index (χ4v) is 18.1. The van der Waals surface area contributed by atoms with Gasteiger partial charge in [-0.2, -0.15) is 0 Å². The van der Waals surface area contributed by atoms with Crippen molar-refractivity contribution in [3.8, 4) is 0 Å². The van der Waals surface area contributed by atoms with Crippen LogP contribution in [0.5, 0.6) is 0 Å². The largest absolute Gasteiger partial charge is 0.519 e. The van der Waals surface area contributed by atoms with E-state index in [1.807, 2.05) is 44.2 Å². The van der Waals surface area contributed by atoms with E-state index in [1.54, 1.807) is 102 Å². The summed E-state index contributed by atoms with van der Waals surface area (Å²) in [6, 6.07) is 17.2. The van der Waals surface area contributed by atoms with Gasteiger partial charge in [-0.1, -0.05) is 134 Å². The van der Waals surface area contributed by atoms with E-state index in [0.29, 0.717) is 68.3 Å². The van der Waals surface area contributed by atoms with Crippen molar-refractivity contribution in [2.75, 3.05) is 44.5 Å². The van der Waals surface area contributed by atoms with E-state index in [-0.39, 0.29) is 127 Å². The Balaban J connectivity index is 0.000000276. The van der Waals surface area contributed by atoms with Crippen LogP contribution in [-0.4, -0.2) is 180 Å². The quantitative estimate of drug-likeness (QED) is 0.0266. The summed E-state index contributed by atoms with van der Waals surface area (Å²) in [5, 5.41) is 20.8. The van der Waals surface area contributed by atoms with Gasteiger partial charge in [0, 0.05) is 50.5 Å². The Morgan fingerprint density at radius 2 is 0.933 bits per heavy atom. The minimum atomic E-state index is -3.55. The van der Waals surface area contributed by atoms with Crippen molar-refractivity contribution in [1.29, 1.82) is 0 Å². The first-order valence-corrected chi connectivity index (χ1v) is 41.0. The zero-order chi connectivity index (χ0) is 77.4. The summed E-state index contributed by atoms with van der Waals surface area (Å²) in [6.07, 6.45) is 15.8. The van der Waals surface area contributed by atoms with Gasteiger partial charge in [0.1, 0.15) is 11.2 Å². The maximum Gasteiger partial charge on any atom is 0.519 e. The van der Waals surface area contributed by atoms with Crippen molar-refractivity contribution in [2.24, 2.45) is 41.2 Å². The highest BCUT2D eigenvalue weighted by molar-refractivity contribution is 7.91. The summed E-state index contributed by atoms with van der Waals surface area (Å²) in [5.41, 5.74) is 8.58. The van der Waals surface area contributed by atoms with E-state index >= 15 is 0 Å². The number of hydrogen-bond donors (Lipinski definition) is 3. The monoisotopic (exact) mass is 1500 g/mol. The molecule has 6 aliphatic rings. The Kier molecular flexibility index (Phi) is 35.3. The van der Waals surface area contributed by atoms with Gasteiger partial charge < -0.3 is 68.1 Å². The van der Waals surface area contributed by atoms with Gasteiger partial charge >= 0.3 is 12.3 Å². The lowest BCUT2D eigenvalue weighted by Gasteiger charge is -2.38. The van der Waals surface area contributed by atoms with Gasteiger partial charge in [0.15, 0.2) is 19.7 Å². The Morgan fingerprint density at radius 1 is 0.552 bits per heavy atom. The van der Waals surface area contributed by atoms with Crippen LogP contribution >= 0.6 is 0 Å². The first-order chi connectivity index (χ1) is 49.5. The van der Waals surface area contributed by atoms with Crippen molar-refractivity contribution in [1.82, 2.24) is 0 Å². The molecule has 20 nitrogen and oxygen atoms in total. The SMILES string of the molecule is C=CCOC/C=C/[C@H]1CC(=C)C(CC[C@H]2C[C@@H](C)C(=C)C(C[C@@H]3O[C@H](C[C@H](O)CC)[C@H](C)[C@H]3CS(=O)(=O)c3ccccc3)O2)O1.C=CCOC/C=C/[C@H]1CC(=C)C(CC[C@H]2C[C@@H](C)C(=C)C(C[C@@H]3O[C@H](C[C@H](O)CN)[C@H](C)[C@H]3CS(=O)(=O)c3ccccc3)O2)O1.CC(C)(C)OC(=O)OC(=O)OC(C)(C)C. The molecular weight excluding hydrogens is 1380 g/mol. The molecule has 4 unspecified atom stereocenters. The van der Waals surface area contributed by atoms with Crippen LogP contribution in [0.1, 0.15) is 160 Å². The van der Waals surface area contributed by atoms with Gasteiger partial charge in [0.25, 0.3) is 0 Å². The third kappa shape index (κ3) is 28.8. The van der Waals surface area contributed by atoms with Gasteiger partial charge in [-0.3, -0.25) is 0 Å². The van der Waals surface area contributed by atoms with E-state index in [2.05, 4.69) is 71.1 Å². The van der Waals surface area contributed by atoms with Gasteiger partial charge in [0.05, 0.1) is 133 Å². The van der Waals surface area contributed by atoms with Crippen LogP contribution in [0.25, 0.3) is 0 Å². The predicted molar refractivity (Wildman–Crippen MR) is 410 cm³/mol. The fraction of sp³-hybridized carbons (Fsp3) is 0.639. The van der Waals surface area contributed by atoms with Crippen LogP contribution in [0.2, 0.25) is 0 Å². The molecule has 6 heterocycles. The molecule has 20 atom stereocenters. The molecular formula is C83H125NO19S2. The number of nitrogens with two attached hydrogens (primary N) is 1. The van der Waals surface area contributed by atoms with Crippen molar-refractivity contribution in [3.63, 3.8) is 0 Å². The Bertz CT molecular complexity index is 3180. The zero-order valence-electron chi connectivity index (χ0n) is 64.4. The van der Waals surface area contributed by atoms with Crippen molar-refractivity contribution in [3.05, 3.63) is 159 Å². The van der Waals surface area contributed by atoms with E-state index in [9.17, 15) is 36.6 Å². The highest BCUT2D eigenvalue weighted by Gasteiger charge is 2.49. The molecule has 6 fully saturated rings. The standard InChI is InChI=1S/C37H54O7S.C36H53NO7S.C10H18O5/c1-7-18-41-19-12-13-30-21-26(4)34(42-30)17-16-31-20-25(3)27(5)36(43-31)23-37-33(28(6)35(44-37)22-29(38)8-2)24-45(39,40)32-14-10-9-11-15-32;1-6-16-41-17-10-11-29-19-25(3)33(42-29)15-14-30-18-24(2)26(4)35(43-30)21-36-32(27(5)34(44-36)20-28(38)22-37)23-45(39,40)31-12-8-7-9-13-31;1-9(2,3)14-7(11)13-8(12)15-10(4,5)6/h7,9-15,25,28-31,33-38H,1,4-5,8,16-24H2,2-3,6H3;6-13,24,27-30,32-36,38H,1,3-4,14-23,37H2,2,5H3;1-6H3/b13-12+;11-10+;/t25-,28-,29-,30+,31+,33-,34?,35-,36?,37+;24-,27-,28+,29+,30+,32-,33?,34-,35?,36+;/m11./s1. The number of ether oxygens (including phenoxy) is 11. The average molecular weight is 1510 g/mol. The molecule has 8 rings (SSSR count). The lowest BCUT2D eigenvalue weighted by atomic mass is 9.82. The molecule has 4 N–H and O–H groups in total. The van der Waals surface area contributed by atoms with Gasteiger partial charge in [0.2, 0.25) is 0 Å². The highest BCUT2D eigenvalue weighted by atomic mass is 32.2. The van der Waals surface area contributed by atoms with Crippen LogP contribution in [0.3, 0.4) is 0 Å². The molecule has 0 radical (unpaired) electrons. The van der Waals surface area contributed by atoms with Crippen LogP contribution in [0.4, 0.5) is 9.59 Å². The van der Waals surface area contributed by atoms with Crippen LogP contribution in [-0.2, 0) is 71.8 Å².